The van der Waals surface area contributed by atoms with Crippen LogP contribution in [0.2, 0.25) is 0 Å². The Labute approximate surface area is 164 Å². The number of hydrogen-bond acceptors (Lipinski definition) is 5. The first kappa shape index (κ1) is 19.2. The lowest BCUT2D eigenvalue weighted by Crippen LogP contribution is -2.24. The van der Waals surface area contributed by atoms with Gasteiger partial charge in [0.05, 0.1) is 11.3 Å². The van der Waals surface area contributed by atoms with E-state index in [1.54, 1.807) is 12.4 Å². The number of rotatable bonds is 6. The number of nitrogens with two attached hydrogens (primary N) is 1. The molecule has 0 fully saturated rings. The second-order valence-electron chi connectivity index (χ2n) is 6.69. The van der Waals surface area contributed by atoms with Crippen LogP contribution in [0.25, 0.3) is 0 Å². The lowest BCUT2D eigenvalue weighted by Gasteiger charge is -2.12. The number of aromatic nitrogens is 2. The summed E-state index contributed by atoms with van der Waals surface area (Å²) in [6, 6.07) is 11.5. The summed E-state index contributed by atoms with van der Waals surface area (Å²) in [6.45, 7) is 7.76. The number of nitrogens with zero attached hydrogens (tertiary/aromatic N) is 3. The Morgan fingerprint density at radius 3 is 2.57 bits per heavy atom. The summed E-state index contributed by atoms with van der Waals surface area (Å²) in [5.41, 5.74) is 12.0. The molecule has 0 aliphatic rings. The van der Waals surface area contributed by atoms with Crippen LogP contribution in [-0.4, -0.2) is 22.6 Å². The van der Waals surface area contributed by atoms with Gasteiger partial charge in [0.25, 0.3) is 5.91 Å². The first-order valence-corrected chi connectivity index (χ1v) is 8.96. The third kappa shape index (κ3) is 4.59. The average molecular weight is 373 g/mol. The Morgan fingerprint density at radius 2 is 1.89 bits per heavy atom. The van der Waals surface area contributed by atoms with Gasteiger partial charge in [-0.2, -0.15) is 0 Å². The highest BCUT2D eigenvalue weighted by molar-refractivity contribution is 5.94. The maximum atomic E-state index is 12.6. The van der Waals surface area contributed by atoms with Crippen LogP contribution in [0.15, 0.2) is 53.8 Å². The number of aryl methyl sites for hydroxylation is 2. The van der Waals surface area contributed by atoms with E-state index >= 15 is 0 Å². The number of hydrogen-bond donors (Lipinski definition) is 2. The minimum atomic E-state index is -0.170. The van der Waals surface area contributed by atoms with E-state index in [9.17, 15) is 4.79 Å². The van der Waals surface area contributed by atoms with E-state index in [0.717, 1.165) is 33.6 Å². The zero-order valence-electron chi connectivity index (χ0n) is 16.1. The summed E-state index contributed by atoms with van der Waals surface area (Å²) in [4.78, 5) is 25.0. The molecule has 0 saturated heterocycles. The smallest absolute Gasteiger partial charge is 0.253 e. The fourth-order valence-corrected chi connectivity index (χ4v) is 3.09. The Kier molecular flexibility index (Phi) is 5.79. The van der Waals surface area contributed by atoms with Crippen molar-refractivity contribution in [2.45, 2.75) is 26.8 Å². The van der Waals surface area contributed by atoms with Crippen molar-refractivity contribution in [3.05, 3.63) is 82.3 Å². The lowest BCUT2D eigenvalue weighted by molar-refractivity contribution is 0.0950. The summed E-state index contributed by atoms with van der Waals surface area (Å²) in [5, 5.41) is 2.94. The Balaban J connectivity index is 1.69. The van der Waals surface area contributed by atoms with Crippen molar-refractivity contribution in [2.75, 3.05) is 5.73 Å². The quantitative estimate of drug-likeness (QED) is 0.647. The van der Waals surface area contributed by atoms with Gasteiger partial charge in [-0.3, -0.25) is 14.8 Å². The molecular formula is C22H23N5O. The van der Waals surface area contributed by atoms with Crippen LogP contribution in [0.3, 0.4) is 0 Å². The molecule has 0 aliphatic carbocycles. The van der Waals surface area contributed by atoms with Crippen molar-refractivity contribution in [3.63, 3.8) is 0 Å². The third-order valence-corrected chi connectivity index (χ3v) is 4.58. The first-order valence-electron chi connectivity index (χ1n) is 8.96. The zero-order chi connectivity index (χ0) is 20.1. The zero-order valence-corrected chi connectivity index (χ0v) is 16.1. The van der Waals surface area contributed by atoms with Crippen LogP contribution in [0, 0.1) is 13.8 Å². The summed E-state index contributed by atoms with van der Waals surface area (Å²) in [5.74, 6) is 0.315. The predicted octanol–water partition coefficient (Wildman–Crippen LogP) is 3.53. The molecule has 2 aromatic heterocycles. The molecule has 6 heteroatoms. The summed E-state index contributed by atoms with van der Waals surface area (Å²) >= 11 is 0. The molecule has 0 saturated carbocycles. The molecule has 3 rings (SSSR count). The lowest BCUT2D eigenvalue weighted by atomic mass is 10.0. The van der Waals surface area contributed by atoms with Crippen LogP contribution in [0.1, 0.15) is 38.3 Å². The van der Waals surface area contributed by atoms with Crippen molar-refractivity contribution in [1.82, 2.24) is 15.3 Å². The molecule has 1 amide bonds. The molecule has 2 heterocycles. The molecule has 0 unspecified atom stereocenters. The standard InChI is InChI=1S/C22H23N5O/c1-14-8-21(23)27-15(2)20(14)13-26-22(28)18-10-17(11-25-12-18)9-16-4-6-19(24-3)7-5-16/h4-8,10-12H,3,9,13H2,1-2H3,(H2,23,27)(H,26,28). The molecular weight excluding hydrogens is 350 g/mol. The van der Waals surface area contributed by atoms with E-state index in [0.29, 0.717) is 24.3 Å². The van der Waals surface area contributed by atoms with Crippen LogP contribution < -0.4 is 11.1 Å². The van der Waals surface area contributed by atoms with E-state index in [1.807, 2.05) is 50.2 Å². The molecule has 0 bridgehead atoms. The monoisotopic (exact) mass is 373 g/mol. The maximum Gasteiger partial charge on any atom is 0.253 e. The molecule has 3 aromatic rings. The van der Waals surface area contributed by atoms with Crippen molar-refractivity contribution in [3.8, 4) is 0 Å². The second kappa shape index (κ2) is 8.43. The molecule has 0 atom stereocenters. The van der Waals surface area contributed by atoms with Crippen LogP contribution in [-0.2, 0) is 13.0 Å². The van der Waals surface area contributed by atoms with E-state index in [1.165, 1.54) is 0 Å². The minimum Gasteiger partial charge on any atom is -0.384 e. The predicted molar refractivity (Wildman–Crippen MR) is 112 cm³/mol. The van der Waals surface area contributed by atoms with Gasteiger partial charge in [0, 0.05) is 24.6 Å². The highest BCUT2D eigenvalue weighted by Crippen LogP contribution is 2.17. The summed E-state index contributed by atoms with van der Waals surface area (Å²) < 4.78 is 0. The molecule has 0 aliphatic heterocycles. The number of nitrogens with one attached hydrogen (secondary N) is 1. The first-order chi connectivity index (χ1) is 13.5. The van der Waals surface area contributed by atoms with Gasteiger partial charge in [0.15, 0.2) is 0 Å². The highest BCUT2D eigenvalue weighted by Gasteiger charge is 2.11. The van der Waals surface area contributed by atoms with Gasteiger partial charge in [-0.25, -0.2) is 4.98 Å². The van der Waals surface area contributed by atoms with Crippen molar-refractivity contribution >= 4 is 24.1 Å². The Bertz CT molecular complexity index is 989. The molecule has 6 nitrogen and oxygen atoms in total. The third-order valence-electron chi connectivity index (χ3n) is 4.58. The van der Waals surface area contributed by atoms with E-state index in [4.69, 9.17) is 5.73 Å². The van der Waals surface area contributed by atoms with Gasteiger partial charge >= 0.3 is 0 Å². The summed E-state index contributed by atoms with van der Waals surface area (Å²) in [6.07, 6.45) is 4.03. The van der Waals surface area contributed by atoms with Crippen molar-refractivity contribution in [1.29, 1.82) is 0 Å². The fraction of sp³-hybridized carbons (Fsp3) is 0.182. The average Bonchev–Trinajstić information content (AvgIpc) is 2.68. The van der Waals surface area contributed by atoms with Crippen molar-refractivity contribution < 1.29 is 4.79 Å². The molecule has 142 valence electrons. The molecule has 28 heavy (non-hydrogen) atoms. The number of benzene rings is 1. The van der Waals surface area contributed by atoms with Gasteiger partial charge in [-0.15, -0.1) is 0 Å². The molecule has 3 N–H and O–H groups in total. The van der Waals surface area contributed by atoms with E-state index in [-0.39, 0.29) is 5.91 Å². The van der Waals surface area contributed by atoms with Gasteiger partial charge in [-0.1, -0.05) is 12.1 Å². The number of carbonyl (C=O) groups excluding carboxylic acids is 1. The fourth-order valence-electron chi connectivity index (χ4n) is 3.09. The van der Waals surface area contributed by atoms with Gasteiger partial charge in [-0.05, 0) is 73.5 Å². The number of carbonyl (C=O) groups is 1. The normalized spacial score (nSPS) is 10.5. The Morgan fingerprint density at radius 1 is 1.14 bits per heavy atom. The number of aliphatic imine (C=N–C) groups is 1. The molecule has 1 aromatic carbocycles. The number of nitrogen functional groups attached to an aromatic ring is 1. The Hall–Kier alpha value is -3.54. The van der Waals surface area contributed by atoms with Gasteiger partial charge < -0.3 is 11.1 Å². The van der Waals surface area contributed by atoms with E-state index in [2.05, 4.69) is 27.0 Å². The molecule has 0 spiro atoms. The molecule has 0 radical (unpaired) electrons. The van der Waals surface area contributed by atoms with Gasteiger partial charge in [0.1, 0.15) is 5.82 Å². The number of anilines is 1. The van der Waals surface area contributed by atoms with E-state index < -0.39 is 0 Å². The largest absolute Gasteiger partial charge is 0.384 e. The topological polar surface area (TPSA) is 93.3 Å². The van der Waals surface area contributed by atoms with Gasteiger partial charge in [0.2, 0.25) is 0 Å². The number of amides is 1. The van der Waals surface area contributed by atoms with Crippen molar-refractivity contribution in [2.24, 2.45) is 4.99 Å². The highest BCUT2D eigenvalue weighted by atomic mass is 16.1. The van der Waals surface area contributed by atoms with Crippen LogP contribution in [0.5, 0.6) is 0 Å². The SMILES string of the molecule is C=Nc1ccc(Cc2cncc(C(=O)NCc3c(C)cc(N)nc3C)c2)cc1. The minimum absolute atomic E-state index is 0.170. The van der Waals surface area contributed by atoms with Crippen LogP contribution in [0.4, 0.5) is 11.5 Å². The van der Waals surface area contributed by atoms with Crippen LogP contribution >= 0.6 is 0 Å². The maximum absolute atomic E-state index is 12.6. The number of pyridine rings is 2. The summed E-state index contributed by atoms with van der Waals surface area (Å²) in [7, 11) is 0. The second-order valence-corrected chi connectivity index (χ2v) is 6.69.